The largest absolute Gasteiger partial charge is 0.435 e. The van der Waals surface area contributed by atoms with Gasteiger partial charge in [-0.05, 0) is 30.7 Å². The summed E-state index contributed by atoms with van der Waals surface area (Å²) in [5, 5.41) is 7.27. The standard InChI is InChI=1S/C18H17ClF4N6O2S/c1-32(30,31)28-7-6-13(12(20)9-28)25-17-24-8-14-15(18(21,22)23)26-16(29(14)27-17)10-2-4-11(19)5-3-10/h2-5,8,12-13H,6-7,9H2,1H3,(H,25,27)/t12-,13-/m1/s1. The monoisotopic (exact) mass is 492 g/mol. The maximum absolute atomic E-state index is 14.6. The Morgan fingerprint density at radius 2 is 1.91 bits per heavy atom. The van der Waals surface area contributed by atoms with Crippen molar-refractivity contribution in [1.29, 1.82) is 0 Å². The Morgan fingerprint density at radius 3 is 2.50 bits per heavy atom. The lowest BCUT2D eigenvalue weighted by Gasteiger charge is -2.33. The first-order chi connectivity index (χ1) is 14.9. The van der Waals surface area contributed by atoms with Crippen LogP contribution in [0.15, 0.2) is 30.5 Å². The summed E-state index contributed by atoms with van der Waals surface area (Å²) in [4.78, 5) is 7.61. The van der Waals surface area contributed by atoms with Crippen LogP contribution in [0.25, 0.3) is 16.9 Å². The highest BCUT2D eigenvalue weighted by molar-refractivity contribution is 7.88. The fourth-order valence-electron chi connectivity index (χ4n) is 3.45. The van der Waals surface area contributed by atoms with E-state index in [9.17, 15) is 26.0 Å². The average Bonchev–Trinajstić information content (AvgIpc) is 3.09. The maximum Gasteiger partial charge on any atom is 0.435 e. The van der Waals surface area contributed by atoms with Gasteiger partial charge in [-0.25, -0.2) is 27.3 Å². The van der Waals surface area contributed by atoms with Crippen LogP contribution in [0.3, 0.4) is 0 Å². The number of piperidine rings is 1. The molecule has 1 N–H and O–H groups in total. The lowest BCUT2D eigenvalue weighted by Crippen LogP contribution is -2.49. The Kier molecular flexibility index (Phi) is 5.75. The highest BCUT2D eigenvalue weighted by Crippen LogP contribution is 2.34. The Hall–Kier alpha value is -2.51. The number of hydrogen-bond acceptors (Lipinski definition) is 6. The quantitative estimate of drug-likeness (QED) is 0.562. The molecule has 0 spiro atoms. The summed E-state index contributed by atoms with van der Waals surface area (Å²) in [6.45, 7) is -0.240. The van der Waals surface area contributed by atoms with Crippen LogP contribution >= 0.6 is 11.6 Å². The summed E-state index contributed by atoms with van der Waals surface area (Å²) in [5.41, 5.74) is -1.18. The molecule has 2 aromatic heterocycles. The fourth-order valence-corrected chi connectivity index (χ4v) is 4.43. The lowest BCUT2D eigenvalue weighted by atomic mass is 10.1. The van der Waals surface area contributed by atoms with Crippen LogP contribution in [0, 0.1) is 0 Å². The first kappa shape index (κ1) is 22.7. The summed E-state index contributed by atoms with van der Waals surface area (Å²) in [5.74, 6) is -0.197. The molecule has 1 saturated heterocycles. The van der Waals surface area contributed by atoms with Gasteiger partial charge in [-0.15, -0.1) is 5.10 Å². The highest BCUT2D eigenvalue weighted by atomic mass is 35.5. The molecule has 172 valence electrons. The number of fused-ring (bicyclic) bond motifs is 1. The number of hydrogen-bond donors (Lipinski definition) is 1. The molecular formula is C18H17ClF4N6O2S. The summed E-state index contributed by atoms with van der Waals surface area (Å²) >= 11 is 5.86. The van der Waals surface area contributed by atoms with E-state index in [1.54, 1.807) is 0 Å². The van der Waals surface area contributed by atoms with Gasteiger partial charge in [0.15, 0.2) is 11.5 Å². The molecule has 0 unspecified atom stereocenters. The Labute approximate surface area is 185 Å². The van der Waals surface area contributed by atoms with Gasteiger partial charge in [0, 0.05) is 23.7 Å². The Morgan fingerprint density at radius 1 is 1.22 bits per heavy atom. The number of rotatable bonds is 4. The molecule has 8 nitrogen and oxygen atoms in total. The van der Waals surface area contributed by atoms with Crippen molar-refractivity contribution in [3.05, 3.63) is 41.2 Å². The second-order valence-corrected chi connectivity index (χ2v) is 9.76. The minimum absolute atomic E-state index is 0.0851. The van der Waals surface area contributed by atoms with E-state index >= 15 is 0 Å². The van der Waals surface area contributed by atoms with Crippen molar-refractivity contribution in [2.75, 3.05) is 24.7 Å². The second kappa shape index (κ2) is 8.12. The molecule has 1 fully saturated rings. The van der Waals surface area contributed by atoms with Gasteiger partial charge in [0.1, 0.15) is 11.7 Å². The van der Waals surface area contributed by atoms with E-state index in [0.717, 1.165) is 21.3 Å². The molecule has 32 heavy (non-hydrogen) atoms. The summed E-state index contributed by atoms with van der Waals surface area (Å²) in [6, 6.07) is 5.22. The molecule has 0 aliphatic carbocycles. The van der Waals surface area contributed by atoms with Crippen LogP contribution in [0.1, 0.15) is 12.1 Å². The number of alkyl halides is 4. The molecular weight excluding hydrogens is 476 g/mol. The van der Waals surface area contributed by atoms with Crippen LogP contribution in [-0.2, 0) is 16.2 Å². The van der Waals surface area contributed by atoms with Crippen molar-refractivity contribution in [2.45, 2.75) is 24.8 Å². The van der Waals surface area contributed by atoms with Crippen LogP contribution < -0.4 is 5.32 Å². The molecule has 1 aliphatic heterocycles. The molecule has 3 heterocycles. The minimum atomic E-state index is -4.74. The number of imidazole rings is 1. The van der Waals surface area contributed by atoms with Crippen molar-refractivity contribution in [3.63, 3.8) is 0 Å². The van der Waals surface area contributed by atoms with Gasteiger partial charge in [0.05, 0.1) is 18.5 Å². The van der Waals surface area contributed by atoms with Crippen molar-refractivity contribution in [3.8, 4) is 11.4 Å². The van der Waals surface area contributed by atoms with Gasteiger partial charge in [-0.1, -0.05) is 11.6 Å². The molecule has 1 aromatic carbocycles. The van der Waals surface area contributed by atoms with E-state index in [0.29, 0.717) is 10.6 Å². The van der Waals surface area contributed by atoms with Gasteiger partial charge in [0.25, 0.3) is 0 Å². The van der Waals surface area contributed by atoms with Gasteiger partial charge < -0.3 is 5.32 Å². The van der Waals surface area contributed by atoms with E-state index in [1.807, 2.05) is 0 Å². The molecule has 4 rings (SSSR count). The number of sulfonamides is 1. The SMILES string of the molecule is CS(=O)(=O)N1CC[C@@H](Nc2ncc3c(C(F)(F)F)nc(-c4ccc(Cl)cc4)n3n2)[C@H](F)C1. The van der Waals surface area contributed by atoms with E-state index in [-0.39, 0.29) is 36.8 Å². The minimum Gasteiger partial charge on any atom is -0.347 e. The highest BCUT2D eigenvalue weighted by Gasteiger charge is 2.38. The fraction of sp³-hybridized carbons (Fsp3) is 0.389. The molecule has 2 atom stereocenters. The lowest BCUT2D eigenvalue weighted by molar-refractivity contribution is -0.139. The summed E-state index contributed by atoms with van der Waals surface area (Å²) in [7, 11) is -3.53. The Balaban J connectivity index is 1.69. The zero-order valence-electron chi connectivity index (χ0n) is 16.5. The van der Waals surface area contributed by atoms with E-state index in [2.05, 4.69) is 20.4 Å². The van der Waals surface area contributed by atoms with Gasteiger partial charge in [0.2, 0.25) is 16.0 Å². The summed E-state index contributed by atoms with van der Waals surface area (Å²) in [6.07, 6.45) is -4.19. The first-order valence-corrected chi connectivity index (χ1v) is 11.6. The van der Waals surface area contributed by atoms with Crippen molar-refractivity contribution >= 4 is 33.1 Å². The van der Waals surface area contributed by atoms with Crippen LogP contribution in [0.2, 0.25) is 5.02 Å². The molecule has 1 aliphatic rings. The van der Waals surface area contributed by atoms with Gasteiger partial charge in [-0.3, -0.25) is 0 Å². The Bertz CT molecular complexity index is 1250. The van der Waals surface area contributed by atoms with E-state index < -0.39 is 34.1 Å². The number of nitrogens with one attached hydrogen (secondary N) is 1. The summed E-state index contributed by atoms with van der Waals surface area (Å²) < 4.78 is 80.3. The topological polar surface area (TPSA) is 92.5 Å². The molecule has 0 radical (unpaired) electrons. The van der Waals surface area contributed by atoms with Gasteiger partial charge in [-0.2, -0.15) is 17.5 Å². The third kappa shape index (κ3) is 4.50. The zero-order valence-corrected chi connectivity index (χ0v) is 18.1. The smallest absolute Gasteiger partial charge is 0.347 e. The van der Waals surface area contributed by atoms with Crippen LogP contribution in [0.4, 0.5) is 23.5 Å². The molecule has 0 bridgehead atoms. The molecule has 0 saturated carbocycles. The average molecular weight is 493 g/mol. The third-order valence-electron chi connectivity index (χ3n) is 5.05. The number of anilines is 1. The third-order valence-corrected chi connectivity index (χ3v) is 6.57. The van der Waals surface area contributed by atoms with Crippen LogP contribution in [-0.4, -0.2) is 63.9 Å². The number of aromatic nitrogens is 4. The molecule has 14 heteroatoms. The van der Waals surface area contributed by atoms with E-state index in [1.165, 1.54) is 24.3 Å². The van der Waals surface area contributed by atoms with Crippen molar-refractivity contribution in [1.82, 2.24) is 23.9 Å². The predicted octanol–water partition coefficient (Wildman–Crippen LogP) is 3.25. The first-order valence-electron chi connectivity index (χ1n) is 9.38. The number of halogens is 5. The van der Waals surface area contributed by atoms with E-state index in [4.69, 9.17) is 11.6 Å². The zero-order chi connectivity index (χ0) is 23.3. The van der Waals surface area contributed by atoms with Gasteiger partial charge >= 0.3 is 6.18 Å². The normalized spacial score (nSPS) is 20.6. The van der Waals surface area contributed by atoms with Crippen LogP contribution in [0.5, 0.6) is 0 Å². The van der Waals surface area contributed by atoms with Crippen molar-refractivity contribution < 1.29 is 26.0 Å². The molecule has 0 amide bonds. The number of nitrogens with zero attached hydrogens (tertiary/aromatic N) is 5. The maximum atomic E-state index is 14.6. The number of benzene rings is 1. The van der Waals surface area contributed by atoms with Crippen molar-refractivity contribution in [2.24, 2.45) is 0 Å². The predicted molar refractivity (Wildman–Crippen MR) is 110 cm³/mol. The second-order valence-electron chi connectivity index (χ2n) is 7.34. The molecule has 3 aromatic rings.